The summed E-state index contributed by atoms with van der Waals surface area (Å²) in [6.45, 7) is 11.3. The topological polar surface area (TPSA) is 94.9 Å². The van der Waals surface area contributed by atoms with Gasteiger partial charge in [-0.25, -0.2) is 9.48 Å². The molecule has 4 rings (SSSR count). The highest BCUT2D eigenvalue weighted by Gasteiger charge is 2.32. The summed E-state index contributed by atoms with van der Waals surface area (Å²) in [5.41, 5.74) is 5.13. The van der Waals surface area contributed by atoms with Crippen molar-refractivity contribution in [1.82, 2.24) is 20.0 Å². The van der Waals surface area contributed by atoms with Crippen LogP contribution in [0.4, 0.5) is 4.79 Å². The number of amides is 2. The van der Waals surface area contributed by atoms with Crippen molar-refractivity contribution in [3.63, 3.8) is 0 Å². The van der Waals surface area contributed by atoms with E-state index in [2.05, 4.69) is 37.4 Å². The monoisotopic (exact) mass is 562 g/mol. The molecule has 1 aliphatic heterocycles. The number of nitrogens with zero attached hydrogens (tertiary/aromatic N) is 3. The van der Waals surface area contributed by atoms with Gasteiger partial charge in [-0.15, -0.1) is 0 Å². The summed E-state index contributed by atoms with van der Waals surface area (Å²) in [5.74, 6) is 1.22. The van der Waals surface area contributed by atoms with Crippen molar-refractivity contribution < 1.29 is 23.8 Å². The van der Waals surface area contributed by atoms with Crippen LogP contribution in [0.2, 0.25) is 0 Å². The standard InChI is InChI=1S/C32H42N4O5/c1-21-8-10-26(22(2)18-21)36-29(24-13-16-35(17-14-24)31(38)41-32(3,4)5)25(20-34-36)30(37)33-15-12-23-9-11-27(39-6)28(19-23)40-7/h8-11,18-20,24H,12-17H2,1-7H3,(H,33,37). The van der Waals surface area contributed by atoms with Crippen LogP contribution in [0.25, 0.3) is 5.69 Å². The largest absolute Gasteiger partial charge is 0.493 e. The van der Waals surface area contributed by atoms with Crippen LogP contribution in [0.3, 0.4) is 0 Å². The van der Waals surface area contributed by atoms with E-state index in [0.29, 0.717) is 56.0 Å². The molecule has 2 amide bonds. The van der Waals surface area contributed by atoms with Gasteiger partial charge in [-0.05, 0) is 83.2 Å². The van der Waals surface area contributed by atoms with Gasteiger partial charge >= 0.3 is 6.09 Å². The summed E-state index contributed by atoms with van der Waals surface area (Å²) < 4.78 is 18.2. The van der Waals surface area contributed by atoms with Crippen molar-refractivity contribution in [3.8, 4) is 17.2 Å². The third-order valence-corrected chi connectivity index (χ3v) is 7.31. The van der Waals surface area contributed by atoms with Crippen LogP contribution in [0.5, 0.6) is 11.5 Å². The predicted molar refractivity (Wildman–Crippen MR) is 158 cm³/mol. The molecule has 9 heteroatoms. The second kappa shape index (κ2) is 12.7. The van der Waals surface area contributed by atoms with Gasteiger partial charge in [0.2, 0.25) is 0 Å². The summed E-state index contributed by atoms with van der Waals surface area (Å²) in [4.78, 5) is 28.0. The molecule has 0 aliphatic carbocycles. The number of benzene rings is 2. The molecule has 1 N–H and O–H groups in total. The van der Waals surface area contributed by atoms with E-state index in [9.17, 15) is 9.59 Å². The molecular formula is C32H42N4O5. The fourth-order valence-electron chi connectivity index (χ4n) is 5.27. The lowest BCUT2D eigenvalue weighted by Crippen LogP contribution is -2.41. The van der Waals surface area contributed by atoms with Crippen molar-refractivity contribution in [2.24, 2.45) is 0 Å². The predicted octanol–water partition coefficient (Wildman–Crippen LogP) is 5.59. The van der Waals surface area contributed by atoms with Crippen LogP contribution >= 0.6 is 0 Å². The van der Waals surface area contributed by atoms with Crippen molar-refractivity contribution in [3.05, 3.63) is 70.5 Å². The molecule has 9 nitrogen and oxygen atoms in total. The summed E-state index contributed by atoms with van der Waals surface area (Å²) in [6.07, 6.45) is 3.43. The third kappa shape index (κ3) is 7.20. The molecule has 1 saturated heterocycles. The van der Waals surface area contributed by atoms with Crippen molar-refractivity contribution in [1.29, 1.82) is 0 Å². The van der Waals surface area contributed by atoms with Crippen LogP contribution in [0.15, 0.2) is 42.6 Å². The first kappa shape index (κ1) is 30.0. The van der Waals surface area contributed by atoms with E-state index in [0.717, 1.165) is 22.5 Å². The van der Waals surface area contributed by atoms with E-state index in [4.69, 9.17) is 19.3 Å². The molecule has 0 bridgehead atoms. The fourth-order valence-corrected chi connectivity index (χ4v) is 5.27. The van der Waals surface area contributed by atoms with Crippen molar-refractivity contribution >= 4 is 12.0 Å². The number of carbonyl (C=O) groups excluding carboxylic acids is 2. The minimum atomic E-state index is -0.544. The number of methoxy groups -OCH3 is 2. The first-order valence-electron chi connectivity index (χ1n) is 14.1. The zero-order valence-corrected chi connectivity index (χ0v) is 25.2. The minimum absolute atomic E-state index is 0.0588. The number of rotatable bonds is 8. The highest BCUT2D eigenvalue weighted by Crippen LogP contribution is 2.34. The zero-order chi connectivity index (χ0) is 29.7. The van der Waals surface area contributed by atoms with Crippen LogP contribution < -0.4 is 14.8 Å². The number of carbonyl (C=O) groups is 2. The third-order valence-electron chi connectivity index (χ3n) is 7.31. The molecule has 1 aliphatic rings. The zero-order valence-electron chi connectivity index (χ0n) is 25.2. The second-order valence-corrected chi connectivity index (χ2v) is 11.6. The maximum atomic E-state index is 13.5. The number of likely N-dealkylation sites (tertiary alicyclic amines) is 1. The van der Waals surface area contributed by atoms with E-state index in [1.54, 1.807) is 25.3 Å². The van der Waals surface area contributed by atoms with Gasteiger partial charge in [-0.1, -0.05) is 23.8 Å². The number of hydrogen-bond acceptors (Lipinski definition) is 6. The average molecular weight is 563 g/mol. The molecular weight excluding hydrogens is 520 g/mol. The van der Waals surface area contributed by atoms with E-state index in [-0.39, 0.29) is 17.9 Å². The average Bonchev–Trinajstić information content (AvgIpc) is 3.37. The highest BCUT2D eigenvalue weighted by molar-refractivity contribution is 5.95. The Morgan fingerprint density at radius 2 is 1.71 bits per heavy atom. The Morgan fingerprint density at radius 3 is 2.34 bits per heavy atom. The Labute approximate surface area is 242 Å². The van der Waals surface area contributed by atoms with Gasteiger partial charge in [-0.3, -0.25) is 4.79 Å². The van der Waals surface area contributed by atoms with Gasteiger partial charge in [0.1, 0.15) is 5.60 Å². The van der Waals surface area contributed by atoms with E-state index in [1.807, 2.05) is 43.7 Å². The first-order chi connectivity index (χ1) is 19.5. The van der Waals surface area contributed by atoms with E-state index >= 15 is 0 Å². The second-order valence-electron chi connectivity index (χ2n) is 11.6. The summed E-state index contributed by atoms with van der Waals surface area (Å²) in [7, 11) is 3.21. The summed E-state index contributed by atoms with van der Waals surface area (Å²) in [5, 5.41) is 7.79. The van der Waals surface area contributed by atoms with Gasteiger partial charge in [0.25, 0.3) is 5.91 Å². The van der Waals surface area contributed by atoms with Gasteiger partial charge in [0, 0.05) is 25.6 Å². The maximum Gasteiger partial charge on any atom is 0.410 e. The lowest BCUT2D eigenvalue weighted by molar-refractivity contribution is 0.0203. The number of aryl methyl sites for hydroxylation is 2. The number of nitrogens with one attached hydrogen (secondary N) is 1. The van der Waals surface area contributed by atoms with Gasteiger partial charge in [0.05, 0.1) is 37.4 Å². The van der Waals surface area contributed by atoms with Crippen LogP contribution in [0, 0.1) is 13.8 Å². The number of aromatic nitrogens is 2. The van der Waals surface area contributed by atoms with E-state index < -0.39 is 5.60 Å². The van der Waals surface area contributed by atoms with Crippen molar-refractivity contribution in [2.75, 3.05) is 33.9 Å². The lowest BCUT2D eigenvalue weighted by atomic mass is 9.90. The molecule has 41 heavy (non-hydrogen) atoms. The number of piperidine rings is 1. The Morgan fingerprint density at radius 1 is 1.00 bits per heavy atom. The molecule has 1 aromatic heterocycles. The Balaban J connectivity index is 1.54. The van der Waals surface area contributed by atoms with Crippen LogP contribution in [-0.4, -0.2) is 66.1 Å². The normalized spacial score (nSPS) is 14.1. The van der Waals surface area contributed by atoms with Gasteiger partial charge in [0.15, 0.2) is 11.5 Å². The minimum Gasteiger partial charge on any atom is -0.493 e. The molecule has 0 unspecified atom stereocenters. The Kier molecular flexibility index (Phi) is 9.25. The Hall–Kier alpha value is -4.01. The smallest absolute Gasteiger partial charge is 0.410 e. The molecule has 2 heterocycles. The van der Waals surface area contributed by atoms with Crippen LogP contribution in [0.1, 0.15) is 72.3 Å². The van der Waals surface area contributed by atoms with Gasteiger partial charge < -0.3 is 24.4 Å². The summed E-state index contributed by atoms with van der Waals surface area (Å²) in [6, 6.07) is 12.0. The molecule has 3 aromatic rings. The molecule has 0 atom stereocenters. The number of hydrogen-bond donors (Lipinski definition) is 1. The molecule has 220 valence electrons. The summed E-state index contributed by atoms with van der Waals surface area (Å²) >= 11 is 0. The SMILES string of the molecule is COc1ccc(CCNC(=O)c2cnn(-c3ccc(C)cc3C)c2C2CCN(C(=O)OC(C)(C)C)CC2)cc1OC. The molecule has 0 spiro atoms. The lowest BCUT2D eigenvalue weighted by Gasteiger charge is -2.34. The quantitative estimate of drug-likeness (QED) is 0.384. The maximum absolute atomic E-state index is 13.5. The highest BCUT2D eigenvalue weighted by atomic mass is 16.6. The molecule has 0 saturated carbocycles. The molecule has 2 aromatic carbocycles. The first-order valence-corrected chi connectivity index (χ1v) is 14.1. The van der Waals surface area contributed by atoms with E-state index in [1.165, 1.54) is 5.56 Å². The molecule has 0 radical (unpaired) electrons. The Bertz CT molecular complexity index is 1380. The van der Waals surface area contributed by atoms with Crippen molar-refractivity contribution in [2.45, 2.75) is 65.4 Å². The van der Waals surface area contributed by atoms with Crippen LogP contribution in [-0.2, 0) is 11.2 Å². The molecule has 1 fully saturated rings. The van der Waals surface area contributed by atoms with Gasteiger partial charge in [-0.2, -0.15) is 5.10 Å². The fraction of sp³-hybridized carbons (Fsp3) is 0.469. The number of ether oxygens (including phenoxy) is 3.